The smallest absolute Gasteiger partial charge is 0.338 e. The van der Waals surface area contributed by atoms with Gasteiger partial charge in [-0.3, -0.25) is 0 Å². The first-order chi connectivity index (χ1) is 21.4. The molecule has 3 aromatic carbocycles. The Balaban J connectivity index is 1.65. The molecule has 0 unspecified atom stereocenters. The molecule has 4 aromatic rings. The lowest BCUT2D eigenvalue weighted by molar-refractivity contribution is -0.139. The Bertz CT molecular complexity index is 1790. The van der Waals surface area contributed by atoms with E-state index in [0.717, 1.165) is 16.6 Å². The predicted octanol–water partition coefficient (Wildman–Crippen LogP) is 5.74. The quantitative estimate of drug-likeness (QED) is 0.174. The molecule has 1 atom stereocenters. The summed E-state index contributed by atoms with van der Waals surface area (Å²) in [5.41, 5.74) is 10.1. The van der Waals surface area contributed by atoms with E-state index in [2.05, 4.69) is 6.07 Å². The highest BCUT2D eigenvalue weighted by molar-refractivity contribution is 7.99. The Morgan fingerprint density at radius 3 is 2.20 bits per heavy atom. The average Bonchev–Trinajstić information content (AvgIpc) is 3.06. The van der Waals surface area contributed by atoms with Crippen LogP contribution in [0.3, 0.4) is 0 Å². The van der Waals surface area contributed by atoms with Crippen molar-refractivity contribution in [1.82, 2.24) is 9.97 Å². The predicted molar refractivity (Wildman–Crippen MR) is 166 cm³/mol. The molecule has 0 amide bonds. The maximum atomic E-state index is 13.6. The molecule has 10 nitrogen and oxygen atoms in total. The molecule has 2 N–H and O–H groups in total. The van der Waals surface area contributed by atoms with Crippen molar-refractivity contribution in [1.29, 1.82) is 5.26 Å². The molecule has 2 heterocycles. The number of aromatic nitrogens is 2. The van der Waals surface area contributed by atoms with Gasteiger partial charge in [-0.2, -0.15) is 5.26 Å². The van der Waals surface area contributed by atoms with Gasteiger partial charge in [-0.05, 0) is 36.8 Å². The number of esters is 1. The first-order valence-corrected chi connectivity index (χ1v) is 14.6. The Morgan fingerprint density at radius 1 is 0.977 bits per heavy atom. The van der Waals surface area contributed by atoms with Gasteiger partial charge < -0.3 is 29.4 Å². The molecule has 0 bridgehead atoms. The Morgan fingerprint density at radius 2 is 1.61 bits per heavy atom. The summed E-state index contributed by atoms with van der Waals surface area (Å²) in [6.45, 7) is 1.82. The zero-order valence-corrected chi connectivity index (χ0v) is 25.4. The number of para-hydroxylation sites is 2. The van der Waals surface area contributed by atoms with Crippen LogP contribution in [0.4, 0.5) is 0 Å². The second-order valence-electron chi connectivity index (χ2n) is 9.46. The van der Waals surface area contributed by atoms with Crippen molar-refractivity contribution in [3.8, 4) is 34.6 Å². The summed E-state index contributed by atoms with van der Waals surface area (Å²) in [5.74, 6) is -0.267. The van der Waals surface area contributed by atoms with E-state index in [-0.39, 0.29) is 35.1 Å². The van der Waals surface area contributed by atoms with Crippen molar-refractivity contribution in [2.24, 2.45) is 5.73 Å². The van der Waals surface area contributed by atoms with Crippen LogP contribution in [0.2, 0.25) is 0 Å². The van der Waals surface area contributed by atoms with Crippen LogP contribution in [0.25, 0.3) is 22.3 Å². The highest BCUT2D eigenvalue weighted by Gasteiger charge is 2.39. The molecule has 1 aliphatic heterocycles. The van der Waals surface area contributed by atoms with Crippen LogP contribution in [-0.2, 0) is 14.3 Å². The third-order valence-electron chi connectivity index (χ3n) is 6.94. The summed E-state index contributed by atoms with van der Waals surface area (Å²) in [7, 11) is 4.46. The molecule has 11 heteroatoms. The number of ether oxygens (including phenoxy) is 5. The normalized spacial score (nSPS) is 14.6. The molecular formula is C33H30N4O6S. The number of nitrogens with two attached hydrogens (primary N) is 1. The molecule has 0 spiro atoms. The highest BCUT2D eigenvalue weighted by Crippen LogP contribution is 2.46. The van der Waals surface area contributed by atoms with Gasteiger partial charge in [0.1, 0.15) is 28.1 Å². The molecule has 0 saturated heterocycles. The number of allylic oxidation sites excluding steroid dienone is 1. The minimum absolute atomic E-state index is 0.0477. The summed E-state index contributed by atoms with van der Waals surface area (Å²) in [4.78, 5) is 23.4. The third kappa shape index (κ3) is 5.85. The Labute approximate surface area is 259 Å². The fraction of sp³-hybridized carbons (Fsp3) is 0.212. The van der Waals surface area contributed by atoms with Gasteiger partial charge >= 0.3 is 5.97 Å². The van der Waals surface area contributed by atoms with Gasteiger partial charge in [-0.25, -0.2) is 14.8 Å². The largest absolute Gasteiger partial charge is 0.493 e. The van der Waals surface area contributed by atoms with Gasteiger partial charge in [0.05, 0.1) is 56.2 Å². The molecule has 0 fully saturated rings. The topological polar surface area (TPSA) is 139 Å². The van der Waals surface area contributed by atoms with Crippen LogP contribution in [-0.4, -0.2) is 49.6 Å². The zero-order valence-electron chi connectivity index (χ0n) is 24.6. The first kappa shape index (κ1) is 30.3. The molecule has 44 heavy (non-hydrogen) atoms. The van der Waals surface area contributed by atoms with Crippen molar-refractivity contribution >= 4 is 28.8 Å². The zero-order chi connectivity index (χ0) is 31.2. The second kappa shape index (κ2) is 13.4. The molecule has 1 aliphatic rings. The standard InChI is InChI=1S/C33H30N4O6S/c1-5-42-33(38)28-26(18-44-32-29(19-11-7-6-8-12-19)36-22-13-9-10-14-23(22)37-32)43-31(35)21(17-34)27(28)20-15-24(39-2)30(41-4)25(16-20)40-3/h6-16,27H,5,18,35H2,1-4H3/t27-/m0/s1. The van der Waals surface area contributed by atoms with Crippen molar-refractivity contribution in [2.75, 3.05) is 33.7 Å². The van der Waals surface area contributed by atoms with Crippen LogP contribution in [0.5, 0.6) is 17.2 Å². The van der Waals surface area contributed by atoms with Gasteiger partial charge in [0.2, 0.25) is 11.6 Å². The summed E-state index contributed by atoms with van der Waals surface area (Å²) in [6.07, 6.45) is 0. The Hall–Kier alpha value is -5.21. The molecule has 5 rings (SSSR count). The van der Waals surface area contributed by atoms with Gasteiger partial charge in [-0.1, -0.05) is 54.2 Å². The number of carbonyl (C=O) groups is 1. The molecule has 0 aliphatic carbocycles. The number of nitrogens with zero attached hydrogens (tertiary/aromatic N) is 3. The van der Waals surface area contributed by atoms with E-state index < -0.39 is 11.9 Å². The van der Waals surface area contributed by atoms with Crippen LogP contribution < -0.4 is 19.9 Å². The molecule has 0 saturated carbocycles. The number of fused-ring (bicyclic) bond motifs is 1. The fourth-order valence-electron chi connectivity index (χ4n) is 4.96. The number of carbonyl (C=O) groups excluding carboxylic acids is 1. The number of benzene rings is 3. The molecule has 0 radical (unpaired) electrons. The van der Waals surface area contributed by atoms with Crippen LogP contribution in [0.15, 0.2) is 94.5 Å². The number of rotatable bonds is 10. The minimum atomic E-state index is -0.937. The minimum Gasteiger partial charge on any atom is -0.493 e. The van der Waals surface area contributed by atoms with E-state index in [1.807, 2.05) is 54.6 Å². The number of thioether (sulfide) groups is 1. The third-order valence-corrected chi connectivity index (χ3v) is 7.90. The summed E-state index contributed by atoms with van der Waals surface area (Å²) in [6, 6.07) is 22.8. The number of hydrogen-bond acceptors (Lipinski definition) is 11. The van der Waals surface area contributed by atoms with E-state index in [0.29, 0.717) is 33.5 Å². The maximum Gasteiger partial charge on any atom is 0.338 e. The van der Waals surface area contributed by atoms with Gasteiger partial charge in [0.15, 0.2) is 11.5 Å². The van der Waals surface area contributed by atoms with Crippen molar-refractivity contribution in [2.45, 2.75) is 17.9 Å². The van der Waals surface area contributed by atoms with Crippen molar-refractivity contribution in [3.63, 3.8) is 0 Å². The van der Waals surface area contributed by atoms with Crippen molar-refractivity contribution in [3.05, 3.63) is 95.1 Å². The van der Waals surface area contributed by atoms with Gasteiger partial charge in [0.25, 0.3) is 0 Å². The SMILES string of the molecule is CCOC(=O)C1=C(CSc2nc3ccccc3nc2-c2ccccc2)OC(N)=C(C#N)[C@@H]1c1cc(OC)c(OC)c(OC)c1. The van der Waals surface area contributed by atoms with Crippen LogP contribution in [0.1, 0.15) is 18.4 Å². The van der Waals surface area contributed by atoms with E-state index in [4.69, 9.17) is 39.4 Å². The van der Waals surface area contributed by atoms with E-state index in [1.165, 1.54) is 33.1 Å². The van der Waals surface area contributed by atoms with Gasteiger partial charge in [-0.15, -0.1) is 0 Å². The lowest BCUT2D eigenvalue weighted by Gasteiger charge is -2.28. The summed E-state index contributed by atoms with van der Waals surface area (Å²) in [5, 5.41) is 10.8. The average molecular weight is 611 g/mol. The molecule has 224 valence electrons. The second-order valence-corrected chi connectivity index (χ2v) is 10.4. The van der Waals surface area contributed by atoms with E-state index in [9.17, 15) is 10.1 Å². The number of hydrogen-bond donors (Lipinski definition) is 1. The highest BCUT2D eigenvalue weighted by atomic mass is 32.2. The fourth-order valence-corrected chi connectivity index (χ4v) is 5.91. The summed E-state index contributed by atoms with van der Waals surface area (Å²) < 4.78 is 28.1. The van der Waals surface area contributed by atoms with Gasteiger partial charge in [0, 0.05) is 5.56 Å². The number of nitriles is 1. The number of methoxy groups -OCH3 is 3. The van der Waals surface area contributed by atoms with Crippen molar-refractivity contribution < 1.29 is 28.5 Å². The molecular weight excluding hydrogens is 580 g/mol. The van der Waals surface area contributed by atoms with E-state index in [1.54, 1.807) is 19.1 Å². The lowest BCUT2D eigenvalue weighted by Crippen LogP contribution is -2.27. The lowest BCUT2D eigenvalue weighted by atomic mass is 9.82. The Kier molecular flexibility index (Phi) is 9.21. The molecule has 1 aromatic heterocycles. The van der Waals surface area contributed by atoms with Crippen LogP contribution >= 0.6 is 11.8 Å². The maximum absolute atomic E-state index is 13.6. The van der Waals surface area contributed by atoms with E-state index >= 15 is 0 Å². The monoisotopic (exact) mass is 610 g/mol. The first-order valence-electron chi connectivity index (χ1n) is 13.7. The summed E-state index contributed by atoms with van der Waals surface area (Å²) >= 11 is 1.34. The van der Waals surface area contributed by atoms with Crippen LogP contribution in [0, 0.1) is 11.3 Å².